The van der Waals surface area contributed by atoms with Crippen molar-refractivity contribution < 1.29 is 9.15 Å². The first-order valence-corrected chi connectivity index (χ1v) is 6.92. The molecule has 3 aromatic rings. The Balaban J connectivity index is 1.93. The second kappa shape index (κ2) is 4.86. The molecule has 0 saturated carbocycles. The zero-order chi connectivity index (χ0) is 12.4. The van der Waals surface area contributed by atoms with E-state index in [0.717, 1.165) is 23.1 Å². The molecule has 0 unspecified atom stereocenters. The number of benzene rings is 1. The third-order valence-corrected chi connectivity index (χ3v) is 3.91. The van der Waals surface area contributed by atoms with Crippen molar-refractivity contribution in [2.75, 3.05) is 0 Å². The minimum Gasteiger partial charge on any atom is -0.481 e. The maximum absolute atomic E-state index is 6.10. The Kier molecular flexibility index (Phi) is 3.07. The molecule has 0 spiro atoms. The summed E-state index contributed by atoms with van der Waals surface area (Å²) >= 11 is 1.73. The van der Waals surface area contributed by atoms with E-state index in [1.807, 2.05) is 24.3 Å². The molecular weight excluding hydrogens is 244 g/mol. The molecule has 1 atom stereocenters. The van der Waals surface area contributed by atoms with Crippen LogP contribution < -0.4 is 4.74 Å². The van der Waals surface area contributed by atoms with Crippen LogP contribution in [0.1, 0.15) is 24.3 Å². The highest BCUT2D eigenvalue weighted by Gasteiger charge is 2.14. The molecule has 0 bridgehead atoms. The third-order valence-electron chi connectivity index (χ3n) is 2.94. The summed E-state index contributed by atoms with van der Waals surface area (Å²) < 4.78 is 11.6. The highest BCUT2D eigenvalue weighted by molar-refractivity contribution is 7.10. The molecule has 0 saturated heterocycles. The molecule has 1 aromatic carbocycles. The molecule has 2 aromatic heterocycles. The lowest BCUT2D eigenvalue weighted by Crippen LogP contribution is -2.04. The van der Waals surface area contributed by atoms with Gasteiger partial charge in [-0.2, -0.15) is 0 Å². The Morgan fingerprint density at radius 1 is 1.22 bits per heavy atom. The Morgan fingerprint density at radius 3 is 2.94 bits per heavy atom. The standard InChI is InChI=1S/C15H14O2S/c1-2-12(14-7-4-10-18-14)17-13-6-3-5-11-8-9-16-15(11)13/h3-10,12H,2H2,1H3/t12-/m0/s1. The average Bonchev–Trinajstić information content (AvgIpc) is 3.06. The van der Waals surface area contributed by atoms with Crippen molar-refractivity contribution in [3.8, 4) is 5.75 Å². The van der Waals surface area contributed by atoms with E-state index in [1.165, 1.54) is 4.88 Å². The highest BCUT2D eigenvalue weighted by Crippen LogP contribution is 2.32. The van der Waals surface area contributed by atoms with E-state index >= 15 is 0 Å². The number of hydrogen-bond donors (Lipinski definition) is 0. The van der Waals surface area contributed by atoms with E-state index in [4.69, 9.17) is 9.15 Å². The summed E-state index contributed by atoms with van der Waals surface area (Å²) in [5, 5.41) is 3.16. The number of ether oxygens (including phenoxy) is 1. The normalized spacial score (nSPS) is 12.7. The van der Waals surface area contributed by atoms with Gasteiger partial charge in [0.25, 0.3) is 0 Å². The molecular formula is C15H14O2S. The molecule has 3 heteroatoms. The maximum atomic E-state index is 6.10. The molecule has 3 rings (SSSR count). The van der Waals surface area contributed by atoms with Crippen molar-refractivity contribution in [1.29, 1.82) is 0 Å². The second-order valence-electron chi connectivity index (χ2n) is 4.13. The number of hydrogen-bond acceptors (Lipinski definition) is 3. The minimum absolute atomic E-state index is 0.0979. The van der Waals surface area contributed by atoms with E-state index in [1.54, 1.807) is 17.6 Å². The summed E-state index contributed by atoms with van der Waals surface area (Å²) in [6.07, 6.45) is 2.74. The lowest BCUT2D eigenvalue weighted by Gasteiger charge is -2.16. The van der Waals surface area contributed by atoms with Gasteiger partial charge in [0, 0.05) is 10.3 Å². The smallest absolute Gasteiger partial charge is 0.175 e. The largest absolute Gasteiger partial charge is 0.481 e. The van der Waals surface area contributed by atoms with Crippen LogP contribution in [0.15, 0.2) is 52.5 Å². The zero-order valence-electron chi connectivity index (χ0n) is 10.1. The molecule has 2 heterocycles. The van der Waals surface area contributed by atoms with Crippen LogP contribution in [0.3, 0.4) is 0 Å². The number of furan rings is 1. The first-order valence-electron chi connectivity index (χ1n) is 6.04. The molecule has 0 aliphatic heterocycles. The fourth-order valence-corrected chi connectivity index (χ4v) is 2.87. The van der Waals surface area contributed by atoms with Crippen LogP contribution in [-0.4, -0.2) is 0 Å². The molecule has 0 aliphatic rings. The number of fused-ring (bicyclic) bond motifs is 1. The van der Waals surface area contributed by atoms with E-state index < -0.39 is 0 Å². The van der Waals surface area contributed by atoms with Gasteiger partial charge < -0.3 is 9.15 Å². The van der Waals surface area contributed by atoms with E-state index in [9.17, 15) is 0 Å². The third kappa shape index (κ3) is 2.02. The predicted octanol–water partition coefficient (Wildman–Crippen LogP) is 5.02. The lowest BCUT2D eigenvalue weighted by atomic mass is 10.2. The van der Waals surface area contributed by atoms with E-state index in [-0.39, 0.29) is 6.10 Å². The first kappa shape index (κ1) is 11.4. The first-order chi connectivity index (χ1) is 8.88. The molecule has 0 N–H and O–H groups in total. The fourth-order valence-electron chi connectivity index (χ4n) is 2.03. The molecule has 0 amide bonds. The molecule has 0 fully saturated rings. The van der Waals surface area contributed by atoms with Crippen molar-refractivity contribution in [3.63, 3.8) is 0 Å². The number of para-hydroxylation sites is 1. The molecule has 2 nitrogen and oxygen atoms in total. The van der Waals surface area contributed by atoms with Crippen LogP contribution >= 0.6 is 11.3 Å². The average molecular weight is 258 g/mol. The van der Waals surface area contributed by atoms with E-state index in [2.05, 4.69) is 24.4 Å². The van der Waals surface area contributed by atoms with Gasteiger partial charge in [0.05, 0.1) is 6.26 Å². The van der Waals surface area contributed by atoms with Crippen LogP contribution in [0.25, 0.3) is 11.0 Å². The Bertz CT molecular complexity index is 625. The van der Waals surface area contributed by atoms with Gasteiger partial charge in [0.1, 0.15) is 6.10 Å². The Hall–Kier alpha value is -1.74. The Labute approximate surface area is 110 Å². The second-order valence-corrected chi connectivity index (χ2v) is 5.10. The Morgan fingerprint density at radius 2 is 2.17 bits per heavy atom. The zero-order valence-corrected chi connectivity index (χ0v) is 10.9. The van der Waals surface area contributed by atoms with Gasteiger partial charge in [-0.15, -0.1) is 11.3 Å². The van der Waals surface area contributed by atoms with Crippen molar-refractivity contribution in [2.45, 2.75) is 19.4 Å². The summed E-state index contributed by atoms with van der Waals surface area (Å²) in [5.74, 6) is 0.817. The molecule has 18 heavy (non-hydrogen) atoms. The summed E-state index contributed by atoms with van der Waals surface area (Å²) in [7, 11) is 0. The monoisotopic (exact) mass is 258 g/mol. The molecule has 0 radical (unpaired) electrons. The molecule has 92 valence electrons. The predicted molar refractivity (Wildman–Crippen MR) is 74.2 cm³/mol. The van der Waals surface area contributed by atoms with Crippen LogP contribution in [0.4, 0.5) is 0 Å². The topological polar surface area (TPSA) is 22.4 Å². The van der Waals surface area contributed by atoms with Crippen molar-refractivity contribution in [1.82, 2.24) is 0 Å². The van der Waals surface area contributed by atoms with Crippen LogP contribution in [-0.2, 0) is 0 Å². The van der Waals surface area contributed by atoms with Crippen molar-refractivity contribution in [2.24, 2.45) is 0 Å². The SMILES string of the molecule is CC[C@H](Oc1cccc2ccoc12)c1cccs1. The van der Waals surface area contributed by atoms with Crippen LogP contribution in [0, 0.1) is 0 Å². The van der Waals surface area contributed by atoms with Crippen LogP contribution in [0.5, 0.6) is 5.75 Å². The van der Waals surface area contributed by atoms with Crippen molar-refractivity contribution >= 4 is 22.3 Å². The molecule has 0 aliphatic carbocycles. The van der Waals surface area contributed by atoms with Gasteiger partial charge in [0.15, 0.2) is 11.3 Å². The lowest BCUT2D eigenvalue weighted by molar-refractivity contribution is 0.205. The van der Waals surface area contributed by atoms with Crippen molar-refractivity contribution in [3.05, 3.63) is 52.9 Å². The van der Waals surface area contributed by atoms with Gasteiger partial charge >= 0.3 is 0 Å². The van der Waals surface area contributed by atoms with Crippen LogP contribution in [0.2, 0.25) is 0 Å². The number of rotatable bonds is 4. The summed E-state index contributed by atoms with van der Waals surface area (Å²) in [5.41, 5.74) is 0.826. The maximum Gasteiger partial charge on any atom is 0.175 e. The fraction of sp³-hybridized carbons (Fsp3) is 0.200. The van der Waals surface area contributed by atoms with Gasteiger partial charge in [-0.25, -0.2) is 0 Å². The van der Waals surface area contributed by atoms with Gasteiger partial charge in [-0.1, -0.05) is 25.1 Å². The quantitative estimate of drug-likeness (QED) is 0.655. The summed E-state index contributed by atoms with van der Waals surface area (Å²) in [6.45, 7) is 2.13. The van der Waals surface area contributed by atoms with Gasteiger partial charge in [-0.05, 0) is 30.0 Å². The summed E-state index contributed by atoms with van der Waals surface area (Å²) in [6, 6.07) is 12.1. The highest BCUT2D eigenvalue weighted by atomic mass is 32.1. The minimum atomic E-state index is 0.0979. The van der Waals surface area contributed by atoms with Gasteiger partial charge in [-0.3, -0.25) is 0 Å². The number of thiophene rings is 1. The van der Waals surface area contributed by atoms with E-state index in [0.29, 0.717) is 0 Å². The van der Waals surface area contributed by atoms with Gasteiger partial charge in [0.2, 0.25) is 0 Å². The summed E-state index contributed by atoms with van der Waals surface area (Å²) in [4.78, 5) is 1.25.